The minimum Gasteiger partial charge on any atom is -0.295 e. The molecule has 0 saturated carbocycles. The zero-order valence-electron chi connectivity index (χ0n) is 8.39. The van der Waals surface area contributed by atoms with Crippen molar-refractivity contribution in [3.8, 4) is 0 Å². The van der Waals surface area contributed by atoms with Crippen LogP contribution in [0.5, 0.6) is 0 Å². The van der Waals surface area contributed by atoms with Crippen molar-refractivity contribution >= 4 is 11.5 Å². The summed E-state index contributed by atoms with van der Waals surface area (Å²) in [6.45, 7) is 0. The van der Waals surface area contributed by atoms with Crippen LogP contribution in [0, 0.1) is 0 Å². The van der Waals surface area contributed by atoms with Gasteiger partial charge in [-0.3, -0.25) is 10.0 Å². The zero-order valence-corrected chi connectivity index (χ0v) is 8.39. The maximum atomic E-state index is 11.2. The standard InChI is InChI=1S/C12H13NO2/c14-12-8-4-7-11(9-12)13(15)10-5-2-1-3-6-10/h1-3,5-6,9,15H,4,7-8H2. The number of carbonyl (C=O) groups is 1. The van der Waals surface area contributed by atoms with Crippen molar-refractivity contribution in [1.82, 2.24) is 0 Å². The van der Waals surface area contributed by atoms with Gasteiger partial charge in [-0.05, 0) is 25.0 Å². The Balaban J connectivity index is 2.21. The quantitative estimate of drug-likeness (QED) is 0.751. The molecule has 3 nitrogen and oxygen atoms in total. The summed E-state index contributed by atoms with van der Waals surface area (Å²) in [4.78, 5) is 11.2. The number of carbonyl (C=O) groups excluding carboxylic acids is 1. The molecule has 1 N–H and O–H groups in total. The molecular formula is C12H13NO2. The summed E-state index contributed by atoms with van der Waals surface area (Å²) in [5.41, 5.74) is 1.37. The Hall–Kier alpha value is -1.61. The van der Waals surface area contributed by atoms with Gasteiger partial charge in [0.1, 0.15) is 0 Å². The molecule has 0 spiro atoms. The first kappa shape index (κ1) is 9.93. The van der Waals surface area contributed by atoms with Crippen molar-refractivity contribution < 1.29 is 10.0 Å². The van der Waals surface area contributed by atoms with Crippen LogP contribution in [0.15, 0.2) is 42.1 Å². The Morgan fingerprint density at radius 1 is 1.13 bits per heavy atom. The summed E-state index contributed by atoms with van der Waals surface area (Å²) in [6.07, 6.45) is 3.67. The van der Waals surface area contributed by atoms with E-state index in [0.29, 0.717) is 17.8 Å². The average Bonchev–Trinajstić information content (AvgIpc) is 2.29. The molecule has 0 saturated heterocycles. The molecule has 2 rings (SSSR count). The van der Waals surface area contributed by atoms with Gasteiger partial charge in [0.15, 0.2) is 5.78 Å². The number of hydroxylamine groups is 1. The van der Waals surface area contributed by atoms with Gasteiger partial charge < -0.3 is 0 Å². The highest BCUT2D eigenvalue weighted by Gasteiger charge is 2.15. The van der Waals surface area contributed by atoms with Crippen molar-refractivity contribution in [3.05, 3.63) is 42.1 Å². The lowest BCUT2D eigenvalue weighted by Gasteiger charge is -2.22. The molecule has 0 heterocycles. The predicted molar refractivity (Wildman–Crippen MR) is 57.6 cm³/mol. The summed E-state index contributed by atoms with van der Waals surface area (Å²) >= 11 is 0. The topological polar surface area (TPSA) is 40.5 Å². The Labute approximate surface area is 88.6 Å². The summed E-state index contributed by atoms with van der Waals surface area (Å²) in [7, 11) is 0. The molecule has 1 aromatic carbocycles. The first-order chi connectivity index (χ1) is 7.27. The number of anilines is 1. The summed E-state index contributed by atoms with van der Waals surface area (Å²) in [5, 5.41) is 11.0. The van der Waals surface area contributed by atoms with Crippen LogP contribution in [0.25, 0.3) is 0 Å². The second-order valence-electron chi connectivity index (χ2n) is 3.60. The molecule has 0 radical (unpaired) electrons. The van der Waals surface area contributed by atoms with Gasteiger partial charge in [0.05, 0.1) is 11.4 Å². The first-order valence-electron chi connectivity index (χ1n) is 5.05. The molecule has 3 heteroatoms. The van der Waals surface area contributed by atoms with Gasteiger partial charge in [0, 0.05) is 12.5 Å². The number of benzene rings is 1. The largest absolute Gasteiger partial charge is 0.295 e. The van der Waals surface area contributed by atoms with Crippen molar-refractivity contribution in [2.75, 3.05) is 5.06 Å². The number of hydrogen-bond donors (Lipinski definition) is 1. The third-order valence-electron chi connectivity index (χ3n) is 2.46. The molecule has 1 aromatic rings. The third kappa shape index (κ3) is 2.25. The maximum absolute atomic E-state index is 11.2. The van der Waals surface area contributed by atoms with E-state index in [1.165, 1.54) is 6.08 Å². The van der Waals surface area contributed by atoms with Crippen molar-refractivity contribution in [3.63, 3.8) is 0 Å². The Bertz CT molecular complexity index is 384. The molecule has 1 aliphatic rings. The second-order valence-corrected chi connectivity index (χ2v) is 3.60. The van der Waals surface area contributed by atoms with Crippen molar-refractivity contribution in [2.45, 2.75) is 19.3 Å². The number of hydrogen-bond acceptors (Lipinski definition) is 3. The SMILES string of the molecule is O=C1C=C(N(O)c2ccccc2)CCC1. The predicted octanol–water partition coefficient (Wildman–Crippen LogP) is 2.52. The molecule has 0 unspecified atom stereocenters. The van der Waals surface area contributed by atoms with Crippen molar-refractivity contribution in [1.29, 1.82) is 0 Å². The van der Waals surface area contributed by atoms with E-state index in [1.54, 1.807) is 12.1 Å². The van der Waals surface area contributed by atoms with E-state index in [1.807, 2.05) is 18.2 Å². The summed E-state index contributed by atoms with van der Waals surface area (Å²) in [5.74, 6) is 0.0891. The molecule has 0 atom stereocenters. The average molecular weight is 203 g/mol. The molecular weight excluding hydrogens is 190 g/mol. The highest BCUT2D eigenvalue weighted by atomic mass is 16.5. The molecule has 15 heavy (non-hydrogen) atoms. The van der Waals surface area contributed by atoms with Crippen LogP contribution < -0.4 is 5.06 Å². The molecule has 0 fully saturated rings. The zero-order chi connectivity index (χ0) is 10.7. The maximum Gasteiger partial charge on any atom is 0.157 e. The Morgan fingerprint density at radius 2 is 1.87 bits per heavy atom. The number of para-hydroxylation sites is 1. The van der Waals surface area contributed by atoms with E-state index >= 15 is 0 Å². The molecule has 78 valence electrons. The molecule has 0 amide bonds. The van der Waals surface area contributed by atoms with Crippen LogP contribution in [0.3, 0.4) is 0 Å². The van der Waals surface area contributed by atoms with Crippen LogP contribution in [0.2, 0.25) is 0 Å². The Kier molecular flexibility index (Phi) is 2.83. The smallest absolute Gasteiger partial charge is 0.157 e. The highest BCUT2D eigenvalue weighted by molar-refractivity contribution is 5.91. The first-order valence-corrected chi connectivity index (χ1v) is 5.05. The van der Waals surface area contributed by atoms with Crippen LogP contribution in [0.4, 0.5) is 5.69 Å². The van der Waals surface area contributed by atoms with E-state index in [4.69, 9.17) is 0 Å². The molecule has 1 aliphatic carbocycles. The van der Waals surface area contributed by atoms with E-state index < -0.39 is 0 Å². The minimum absolute atomic E-state index is 0.0891. The van der Waals surface area contributed by atoms with Gasteiger partial charge in [0.25, 0.3) is 0 Å². The van der Waals surface area contributed by atoms with Crippen LogP contribution in [-0.4, -0.2) is 11.0 Å². The van der Waals surface area contributed by atoms with Gasteiger partial charge in [-0.25, -0.2) is 5.06 Å². The third-order valence-corrected chi connectivity index (χ3v) is 2.46. The number of allylic oxidation sites excluding steroid dienone is 2. The molecule has 0 aliphatic heterocycles. The van der Waals surface area contributed by atoms with E-state index in [-0.39, 0.29) is 5.78 Å². The van der Waals surface area contributed by atoms with E-state index in [0.717, 1.165) is 17.9 Å². The summed E-state index contributed by atoms with van der Waals surface area (Å²) < 4.78 is 0. The van der Waals surface area contributed by atoms with Crippen LogP contribution >= 0.6 is 0 Å². The Morgan fingerprint density at radius 3 is 2.53 bits per heavy atom. The fourth-order valence-electron chi connectivity index (χ4n) is 1.68. The van der Waals surface area contributed by atoms with Gasteiger partial charge in [-0.2, -0.15) is 0 Å². The van der Waals surface area contributed by atoms with Crippen LogP contribution in [-0.2, 0) is 4.79 Å². The van der Waals surface area contributed by atoms with Gasteiger partial charge in [-0.1, -0.05) is 18.2 Å². The molecule has 0 bridgehead atoms. The monoisotopic (exact) mass is 203 g/mol. The van der Waals surface area contributed by atoms with E-state index in [9.17, 15) is 10.0 Å². The normalized spacial score (nSPS) is 16.1. The fourth-order valence-corrected chi connectivity index (χ4v) is 1.68. The summed E-state index contributed by atoms with van der Waals surface area (Å²) in [6, 6.07) is 9.20. The van der Waals surface area contributed by atoms with E-state index in [2.05, 4.69) is 0 Å². The number of nitrogens with zero attached hydrogens (tertiary/aromatic N) is 1. The lowest BCUT2D eigenvalue weighted by Crippen LogP contribution is -2.20. The van der Waals surface area contributed by atoms with Crippen LogP contribution in [0.1, 0.15) is 19.3 Å². The minimum atomic E-state index is 0.0891. The van der Waals surface area contributed by atoms with Gasteiger partial charge >= 0.3 is 0 Å². The fraction of sp³-hybridized carbons (Fsp3) is 0.250. The number of ketones is 1. The number of rotatable bonds is 2. The van der Waals surface area contributed by atoms with Gasteiger partial charge in [-0.15, -0.1) is 0 Å². The highest BCUT2D eigenvalue weighted by Crippen LogP contribution is 2.23. The second kappa shape index (κ2) is 4.28. The lowest BCUT2D eigenvalue weighted by molar-refractivity contribution is -0.115. The van der Waals surface area contributed by atoms with Crippen molar-refractivity contribution in [2.24, 2.45) is 0 Å². The molecule has 0 aromatic heterocycles. The lowest BCUT2D eigenvalue weighted by atomic mass is 10.0. The van der Waals surface area contributed by atoms with Gasteiger partial charge in [0.2, 0.25) is 0 Å².